The summed E-state index contributed by atoms with van der Waals surface area (Å²) in [4.78, 5) is 12.0. The van der Waals surface area contributed by atoms with E-state index >= 15 is 0 Å². The molecule has 1 amide bonds. The first-order chi connectivity index (χ1) is 9.09. The van der Waals surface area contributed by atoms with E-state index in [1.54, 1.807) is 36.4 Å². The lowest BCUT2D eigenvalue weighted by Gasteiger charge is -2.20. The number of amides is 1. The average molecular weight is 257 g/mol. The van der Waals surface area contributed by atoms with Crippen LogP contribution >= 0.6 is 0 Å². The van der Waals surface area contributed by atoms with E-state index in [0.29, 0.717) is 16.8 Å². The number of hydrogen-bond donors (Lipinski definition) is 2. The van der Waals surface area contributed by atoms with Crippen LogP contribution in [0.15, 0.2) is 48.5 Å². The zero-order chi connectivity index (χ0) is 13.5. The first kappa shape index (κ1) is 11.9. The Balaban J connectivity index is 2.01. The first-order valence-electron chi connectivity index (χ1n) is 5.97. The molecule has 0 bridgehead atoms. The molecule has 1 unspecified atom stereocenters. The van der Waals surface area contributed by atoms with Crippen LogP contribution in [-0.4, -0.2) is 11.0 Å². The molecule has 1 aliphatic rings. The molecule has 96 valence electrons. The molecule has 1 aliphatic heterocycles. The fourth-order valence-corrected chi connectivity index (χ4v) is 2.42. The molecule has 0 aromatic heterocycles. The van der Waals surface area contributed by atoms with Crippen LogP contribution in [0, 0.1) is 5.82 Å². The number of benzene rings is 2. The summed E-state index contributed by atoms with van der Waals surface area (Å²) in [5.74, 6) is -0.856. The third-order valence-electron chi connectivity index (χ3n) is 3.35. The maximum absolute atomic E-state index is 13.2. The lowest BCUT2D eigenvalue weighted by Crippen LogP contribution is -2.36. The highest BCUT2D eigenvalue weighted by Crippen LogP contribution is 2.38. The van der Waals surface area contributed by atoms with Crippen molar-refractivity contribution < 1.29 is 14.3 Å². The van der Waals surface area contributed by atoms with Gasteiger partial charge in [-0.2, -0.15) is 0 Å². The second kappa shape index (κ2) is 4.17. The van der Waals surface area contributed by atoms with Gasteiger partial charge in [0.15, 0.2) is 5.60 Å². The van der Waals surface area contributed by atoms with Crippen molar-refractivity contribution in [2.24, 2.45) is 0 Å². The van der Waals surface area contributed by atoms with Crippen molar-refractivity contribution in [3.63, 3.8) is 0 Å². The molecule has 0 spiro atoms. The van der Waals surface area contributed by atoms with Crippen LogP contribution < -0.4 is 5.32 Å². The second-order valence-corrected chi connectivity index (χ2v) is 4.67. The number of fused-ring (bicyclic) bond motifs is 1. The van der Waals surface area contributed by atoms with Gasteiger partial charge in [-0.05, 0) is 23.8 Å². The Morgan fingerprint density at radius 3 is 2.74 bits per heavy atom. The van der Waals surface area contributed by atoms with Crippen LogP contribution in [0.1, 0.15) is 11.1 Å². The number of rotatable bonds is 2. The van der Waals surface area contributed by atoms with Crippen molar-refractivity contribution in [3.05, 3.63) is 65.5 Å². The summed E-state index contributed by atoms with van der Waals surface area (Å²) in [6, 6.07) is 12.9. The number of hydrogen-bond acceptors (Lipinski definition) is 2. The molecule has 19 heavy (non-hydrogen) atoms. The molecule has 0 fully saturated rings. The van der Waals surface area contributed by atoms with E-state index in [2.05, 4.69) is 5.32 Å². The predicted octanol–water partition coefficient (Wildman–Crippen LogP) is 2.21. The minimum atomic E-state index is -1.63. The van der Waals surface area contributed by atoms with Gasteiger partial charge in [-0.25, -0.2) is 4.39 Å². The van der Waals surface area contributed by atoms with Crippen LogP contribution in [0.25, 0.3) is 0 Å². The number of carbonyl (C=O) groups is 1. The Kier molecular flexibility index (Phi) is 2.61. The summed E-state index contributed by atoms with van der Waals surface area (Å²) in [6.07, 6.45) is 0.0492. The van der Waals surface area contributed by atoms with Crippen molar-refractivity contribution >= 4 is 11.6 Å². The van der Waals surface area contributed by atoms with Crippen LogP contribution in [0.3, 0.4) is 0 Å². The molecule has 3 nitrogen and oxygen atoms in total. The Morgan fingerprint density at radius 1 is 1.16 bits per heavy atom. The lowest BCUT2D eigenvalue weighted by atomic mass is 9.88. The van der Waals surface area contributed by atoms with Crippen molar-refractivity contribution in [2.75, 3.05) is 5.32 Å². The average Bonchev–Trinajstić information content (AvgIpc) is 2.62. The van der Waals surface area contributed by atoms with E-state index in [4.69, 9.17) is 0 Å². The quantitative estimate of drug-likeness (QED) is 0.866. The summed E-state index contributed by atoms with van der Waals surface area (Å²) in [6.45, 7) is 0. The Labute approximate surface area is 109 Å². The fourth-order valence-electron chi connectivity index (χ4n) is 2.42. The highest BCUT2D eigenvalue weighted by Gasteiger charge is 2.44. The number of anilines is 1. The minimum absolute atomic E-state index is 0.0492. The topological polar surface area (TPSA) is 49.3 Å². The smallest absolute Gasteiger partial charge is 0.261 e. The maximum Gasteiger partial charge on any atom is 0.261 e. The van der Waals surface area contributed by atoms with E-state index in [1.807, 2.05) is 0 Å². The monoisotopic (exact) mass is 257 g/mol. The SMILES string of the molecule is O=C1Nc2ccccc2C1(O)Cc1cccc(F)c1. The van der Waals surface area contributed by atoms with Crippen LogP contribution in [-0.2, 0) is 16.8 Å². The van der Waals surface area contributed by atoms with Gasteiger partial charge in [-0.15, -0.1) is 0 Å². The van der Waals surface area contributed by atoms with E-state index in [0.717, 1.165) is 0 Å². The lowest BCUT2D eigenvalue weighted by molar-refractivity contribution is -0.133. The third kappa shape index (κ3) is 1.90. The summed E-state index contributed by atoms with van der Waals surface area (Å²) in [7, 11) is 0. The molecule has 0 aliphatic carbocycles. The Hall–Kier alpha value is -2.20. The molecule has 3 rings (SSSR count). The molecule has 0 saturated heterocycles. The molecule has 0 saturated carbocycles. The second-order valence-electron chi connectivity index (χ2n) is 4.67. The van der Waals surface area contributed by atoms with Crippen molar-refractivity contribution in [2.45, 2.75) is 12.0 Å². The van der Waals surface area contributed by atoms with Gasteiger partial charge >= 0.3 is 0 Å². The van der Waals surface area contributed by atoms with E-state index < -0.39 is 11.5 Å². The minimum Gasteiger partial charge on any atom is -0.375 e. The number of aliphatic hydroxyl groups is 1. The number of nitrogens with one attached hydrogen (secondary N) is 1. The predicted molar refractivity (Wildman–Crippen MR) is 69.1 cm³/mol. The standard InChI is InChI=1S/C15H12FNO2/c16-11-5-3-4-10(8-11)9-15(19)12-6-1-2-7-13(12)17-14(15)18/h1-8,19H,9H2,(H,17,18). The zero-order valence-corrected chi connectivity index (χ0v) is 10.1. The van der Waals surface area contributed by atoms with Crippen molar-refractivity contribution in [3.8, 4) is 0 Å². The number of halogens is 1. The summed E-state index contributed by atoms with van der Waals surface area (Å²) >= 11 is 0. The van der Waals surface area contributed by atoms with Crippen LogP contribution in [0.4, 0.5) is 10.1 Å². The first-order valence-corrected chi connectivity index (χ1v) is 5.97. The van der Waals surface area contributed by atoms with Crippen molar-refractivity contribution in [1.29, 1.82) is 0 Å². The highest BCUT2D eigenvalue weighted by molar-refractivity contribution is 6.05. The van der Waals surface area contributed by atoms with Gasteiger partial charge in [0, 0.05) is 17.7 Å². The normalized spacial score (nSPS) is 21.1. The van der Waals surface area contributed by atoms with E-state index in [1.165, 1.54) is 12.1 Å². The largest absolute Gasteiger partial charge is 0.375 e. The fraction of sp³-hybridized carbons (Fsp3) is 0.133. The van der Waals surface area contributed by atoms with Gasteiger partial charge in [0.2, 0.25) is 0 Å². The highest BCUT2D eigenvalue weighted by atomic mass is 19.1. The Morgan fingerprint density at radius 2 is 1.95 bits per heavy atom. The molecule has 4 heteroatoms. The maximum atomic E-state index is 13.2. The van der Waals surface area contributed by atoms with Gasteiger partial charge in [-0.3, -0.25) is 4.79 Å². The van der Waals surface area contributed by atoms with Crippen molar-refractivity contribution in [1.82, 2.24) is 0 Å². The summed E-state index contributed by atoms with van der Waals surface area (Å²) < 4.78 is 13.2. The molecular weight excluding hydrogens is 245 g/mol. The van der Waals surface area contributed by atoms with Crippen LogP contribution in [0.5, 0.6) is 0 Å². The zero-order valence-electron chi connectivity index (χ0n) is 10.1. The molecule has 2 N–H and O–H groups in total. The van der Waals surface area contributed by atoms with Crippen LogP contribution in [0.2, 0.25) is 0 Å². The summed E-state index contributed by atoms with van der Waals surface area (Å²) in [5, 5.41) is 13.3. The Bertz CT molecular complexity index is 656. The number of carbonyl (C=O) groups excluding carboxylic acids is 1. The molecule has 1 atom stereocenters. The third-order valence-corrected chi connectivity index (χ3v) is 3.35. The van der Waals surface area contributed by atoms with Gasteiger partial charge in [-0.1, -0.05) is 30.3 Å². The molecule has 0 radical (unpaired) electrons. The summed E-state index contributed by atoms with van der Waals surface area (Å²) in [5.41, 5.74) is 0.0784. The molecule has 2 aromatic rings. The molecule has 2 aromatic carbocycles. The van der Waals surface area contributed by atoms with Gasteiger partial charge < -0.3 is 10.4 Å². The molecular formula is C15H12FNO2. The van der Waals surface area contributed by atoms with Gasteiger partial charge in [0.25, 0.3) is 5.91 Å². The van der Waals surface area contributed by atoms with Gasteiger partial charge in [0.1, 0.15) is 5.82 Å². The van der Waals surface area contributed by atoms with E-state index in [9.17, 15) is 14.3 Å². The number of para-hydroxylation sites is 1. The van der Waals surface area contributed by atoms with Gasteiger partial charge in [0.05, 0.1) is 0 Å². The molecule has 1 heterocycles. The van der Waals surface area contributed by atoms with E-state index in [-0.39, 0.29) is 12.2 Å².